The molecule has 0 saturated carbocycles. The number of rotatable bonds is 5. The number of piperidine rings is 1. The van der Waals surface area contributed by atoms with Crippen LogP contribution in [0.25, 0.3) is 0 Å². The Kier molecular flexibility index (Phi) is 6.61. The number of aromatic nitrogens is 1. The number of nitrogens with one attached hydrogen (secondary N) is 2. The molecule has 2 aliphatic rings. The van der Waals surface area contributed by atoms with Crippen LogP contribution >= 0.6 is 11.3 Å². The summed E-state index contributed by atoms with van der Waals surface area (Å²) in [7, 11) is 0. The van der Waals surface area contributed by atoms with Gasteiger partial charge in [-0.25, -0.2) is 4.98 Å². The Morgan fingerprint density at radius 2 is 2.04 bits per heavy atom. The summed E-state index contributed by atoms with van der Waals surface area (Å²) in [4.78, 5) is 32.8. The molecule has 144 valence electrons. The third-order valence-corrected chi connectivity index (χ3v) is 6.05. The molecule has 2 fully saturated rings. The standard InChI is InChI=1S/C18H28N4O3S/c1-3-15-16(26-12(2)21-15)11-20-17(23)13-8-14(10-19-9-13)18(24)22-4-6-25-7-5-22/h13-14,19H,3-11H2,1-2H3,(H,20,23)/t13-,14-/m0/s1. The first-order valence-electron chi connectivity index (χ1n) is 9.38. The van der Waals surface area contributed by atoms with E-state index in [0.717, 1.165) is 22.0 Å². The molecule has 3 heterocycles. The van der Waals surface area contributed by atoms with Crippen molar-refractivity contribution in [2.75, 3.05) is 39.4 Å². The minimum Gasteiger partial charge on any atom is -0.378 e. The Morgan fingerprint density at radius 1 is 1.31 bits per heavy atom. The normalized spacial score (nSPS) is 23.7. The van der Waals surface area contributed by atoms with Gasteiger partial charge in [0.15, 0.2) is 0 Å². The summed E-state index contributed by atoms with van der Waals surface area (Å²) in [5.74, 6) is -0.137. The van der Waals surface area contributed by atoms with Gasteiger partial charge < -0.3 is 20.3 Å². The van der Waals surface area contributed by atoms with Gasteiger partial charge >= 0.3 is 0 Å². The summed E-state index contributed by atoms with van der Waals surface area (Å²) in [5, 5.41) is 7.33. The monoisotopic (exact) mass is 380 g/mol. The van der Waals surface area contributed by atoms with Crippen LogP contribution in [0.5, 0.6) is 0 Å². The van der Waals surface area contributed by atoms with E-state index in [1.54, 1.807) is 11.3 Å². The maximum Gasteiger partial charge on any atom is 0.227 e. The molecule has 0 spiro atoms. The van der Waals surface area contributed by atoms with Crippen molar-refractivity contribution < 1.29 is 14.3 Å². The third kappa shape index (κ3) is 4.61. The van der Waals surface area contributed by atoms with Crippen molar-refractivity contribution in [3.8, 4) is 0 Å². The Balaban J connectivity index is 1.53. The molecule has 26 heavy (non-hydrogen) atoms. The van der Waals surface area contributed by atoms with E-state index in [-0.39, 0.29) is 23.7 Å². The third-order valence-electron chi connectivity index (χ3n) is 5.04. The van der Waals surface area contributed by atoms with Crippen molar-refractivity contribution in [3.63, 3.8) is 0 Å². The smallest absolute Gasteiger partial charge is 0.227 e. The summed E-state index contributed by atoms with van der Waals surface area (Å²) in [6.45, 7) is 8.36. The summed E-state index contributed by atoms with van der Waals surface area (Å²) < 4.78 is 5.31. The number of carbonyl (C=O) groups excluding carboxylic acids is 2. The minimum absolute atomic E-state index is 0.0186. The number of hydrogen-bond donors (Lipinski definition) is 2. The van der Waals surface area contributed by atoms with Gasteiger partial charge in [-0.3, -0.25) is 9.59 Å². The summed E-state index contributed by atoms with van der Waals surface area (Å²) in [6.07, 6.45) is 1.48. The lowest BCUT2D eigenvalue weighted by atomic mass is 9.88. The van der Waals surface area contributed by atoms with E-state index < -0.39 is 0 Å². The number of carbonyl (C=O) groups is 2. The fourth-order valence-electron chi connectivity index (χ4n) is 3.61. The molecule has 2 amide bonds. The molecule has 0 aromatic carbocycles. The Labute approximate surface area is 158 Å². The topological polar surface area (TPSA) is 83.6 Å². The maximum absolute atomic E-state index is 12.7. The molecular weight excluding hydrogens is 352 g/mol. The van der Waals surface area contributed by atoms with Crippen LogP contribution in [-0.2, 0) is 27.3 Å². The highest BCUT2D eigenvalue weighted by Gasteiger charge is 2.33. The first kappa shape index (κ1) is 19.3. The molecule has 0 bridgehead atoms. The van der Waals surface area contributed by atoms with E-state index in [2.05, 4.69) is 22.5 Å². The zero-order valence-corrected chi connectivity index (χ0v) is 16.4. The number of aryl methyl sites for hydroxylation is 2. The molecule has 2 atom stereocenters. The molecule has 1 aromatic rings. The molecule has 3 rings (SSSR count). The first-order chi connectivity index (χ1) is 12.6. The summed E-state index contributed by atoms with van der Waals surface area (Å²) in [6, 6.07) is 0. The zero-order valence-electron chi connectivity index (χ0n) is 15.5. The average molecular weight is 381 g/mol. The van der Waals surface area contributed by atoms with Crippen molar-refractivity contribution in [2.45, 2.75) is 33.2 Å². The Morgan fingerprint density at radius 3 is 2.77 bits per heavy atom. The van der Waals surface area contributed by atoms with Gasteiger partial charge in [0.2, 0.25) is 11.8 Å². The van der Waals surface area contributed by atoms with Crippen LogP contribution in [0.1, 0.15) is 28.9 Å². The molecule has 2 saturated heterocycles. The lowest BCUT2D eigenvalue weighted by Crippen LogP contribution is -2.51. The van der Waals surface area contributed by atoms with E-state index in [4.69, 9.17) is 4.74 Å². The fraction of sp³-hybridized carbons (Fsp3) is 0.722. The number of nitrogens with zero attached hydrogens (tertiary/aromatic N) is 2. The minimum atomic E-state index is -0.169. The van der Waals surface area contributed by atoms with Crippen LogP contribution in [0, 0.1) is 18.8 Å². The van der Waals surface area contributed by atoms with Gasteiger partial charge in [-0.2, -0.15) is 0 Å². The van der Waals surface area contributed by atoms with Crippen molar-refractivity contribution in [3.05, 3.63) is 15.6 Å². The Bertz CT molecular complexity index is 642. The molecule has 1 aromatic heterocycles. The quantitative estimate of drug-likeness (QED) is 0.786. The molecule has 0 radical (unpaired) electrons. The van der Waals surface area contributed by atoms with Gasteiger partial charge in [-0.15, -0.1) is 11.3 Å². The molecule has 0 aliphatic carbocycles. The van der Waals surface area contributed by atoms with E-state index in [1.165, 1.54) is 0 Å². The fourth-order valence-corrected chi connectivity index (χ4v) is 4.57. The van der Waals surface area contributed by atoms with Crippen LogP contribution in [0.2, 0.25) is 0 Å². The summed E-state index contributed by atoms with van der Waals surface area (Å²) in [5.41, 5.74) is 1.06. The van der Waals surface area contributed by atoms with Gasteiger partial charge in [0, 0.05) is 31.1 Å². The van der Waals surface area contributed by atoms with E-state index >= 15 is 0 Å². The van der Waals surface area contributed by atoms with Crippen molar-refractivity contribution in [1.82, 2.24) is 20.5 Å². The van der Waals surface area contributed by atoms with Crippen molar-refractivity contribution in [2.24, 2.45) is 11.8 Å². The molecule has 2 aliphatic heterocycles. The number of ether oxygens (including phenoxy) is 1. The van der Waals surface area contributed by atoms with Crippen LogP contribution in [-0.4, -0.2) is 61.1 Å². The van der Waals surface area contributed by atoms with E-state index in [0.29, 0.717) is 52.4 Å². The van der Waals surface area contributed by atoms with Crippen LogP contribution in [0.15, 0.2) is 0 Å². The van der Waals surface area contributed by atoms with Crippen molar-refractivity contribution in [1.29, 1.82) is 0 Å². The number of hydrogen-bond acceptors (Lipinski definition) is 6. The second-order valence-corrected chi connectivity index (χ2v) is 8.19. The zero-order chi connectivity index (χ0) is 18.5. The maximum atomic E-state index is 12.7. The van der Waals surface area contributed by atoms with Crippen molar-refractivity contribution >= 4 is 23.2 Å². The van der Waals surface area contributed by atoms with Gasteiger partial charge in [0.1, 0.15) is 0 Å². The van der Waals surface area contributed by atoms with Crippen LogP contribution < -0.4 is 10.6 Å². The van der Waals surface area contributed by atoms with Crippen LogP contribution in [0.3, 0.4) is 0 Å². The molecule has 8 heteroatoms. The predicted molar refractivity (Wildman–Crippen MR) is 99.9 cm³/mol. The van der Waals surface area contributed by atoms with Gasteiger partial charge in [0.25, 0.3) is 0 Å². The SMILES string of the molecule is CCc1nc(C)sc1CNC(=O)[C@@H]1CNC[C@@H](C(=O)N2CCOCC2)C1. The molecule has 7 nitrogen and oxygen atoms in total. The predicted octanol–water partition coefficient (Wildman–Crippen LogP) is 0.715. The number of morpholine rings is 1. The van der Waals surface area contributed by atoms with E-state index in [9.17, 15) is 9.59 Å². The highest BCUT2D eigenvalue weighted by atomic mass is 32.1. The molecule has 2 N–H and O–H groups in total. The highest BCUT2D eigenvalue weighted by Crippen LogP contribution is 2.21. The lowest BCUT2D eigenvalue weighted by molar-refractivity contribution is -0.141. The lowest BCUT2D eigenvalue weighted by Gasteiger charge is -2.34. The van der Waals surface area contributed by atoms with Gasteiger partial charge in [0.05, 0.1) is 42.3 Å². The Hall–Kier alpha value is -1.51. The first-order valence-corrected chi connectivity index (χ1v) is 10.2. The second kappa shape index (κ2) is 8.92. The summed E-state index contributed by atoms with van der Waals surface area (Å²) >= 11 is 1.64. The number of amides is 2. The number of thiazole rings is 1. The second-order valence-electron chi connectivity index (χ2n) is 6.90. The highest BCUT2D eigenvalue weighted by molar-refractivity contribution is 7.11. The van der Waals surface area contributed by atoms with Gasteiger partial charge in [-0.05, 0) is 19.8 Å². The average Bonchev–Trinajstić information content (AvgIpc) is 3.06. The van der Waals surface area contributed by atoms with Gasteiger partial charge in [-0.1, -0.05) is 6.92 Å². The van der Waals surface area contributed by atoms with Crippen LogP contribution in [0.4, 0.5) is 0 Å². The molecular formula is C18H28N4O3S. The van der Waals surface area contributed by atoms with E-state index in [1.807, 2.05) is 11.8 Å². The largest absolute Gasteiger partial charge is 0.378 e. The molecule has 0 unspecified atom stereocenters.